The number of rotatable bonds is 5. The largest absolute Gasteiger partial charge is 0.481 e. The van der Waals surface area contributed by atoms with Crippen molar-refractivity contribution in [1.82, 2.24) is 5.32 Å². The smallest absolute Gasteiger partial charge is 0.326 e. The van der Waals surface area contributed by atoms with Gasteiger partial charge in [0.05, 0.1) is 12.1 Å². The zero-order chi connectivity index (χ0) is 15.3. The van der Waals surface area contributed by atoms with Gasteiger partial charge in [0, 0.05) is 4.47 Å². The number of carbonyl (C=O) groups excluding carboxylic acids is 1. The molecule has 1 aromatic rings. The van der Waals surface area contributed by atoms with Crippen LogP contribution in [0.3, 0.4) is 0 Å². The molecule has 20 heavy (non-hydrogen) atoms. The number of hydrogen-bond donors (Lipinski definition) is 4. The number of carboxylic acids is 2. The topological polar surface area (TPSA) is 116 Å². The molecule has 4 N–H and O–H groups in total. The van der Waals surface area contributed by atoms with E-state index in [4.69, 9.17) is 10.2 Å². The van der Waals surface area contributed by atoms with Gasteiger partial charge in [0.1, 0.15) is 6.04 Å². The zero-order valence-electron chi connectivity index (χ0n) is 10.5. The first-order valence-corrected chi connectivity index (χ1v) is 6.37. The average Bonchev–Trinajstić information content (AvgIpc) is 2.33. The van der Waals surface area contributed by atoms with Crippen molar-refractivity contribution in [2.24, 2.45) is 0 Å². The highest BCUT2D eigenvalue weighted by Gasteiger charge is 2.23. The summed E-state index contributed by atoms with van der Waals surface area (Å²) in [5.41, 5.74) is 1.35. The molecule has 0 unspecified atom stereocenters. The number of carbonyl (C=O) groups is 3. The maximum atomic E-state index is 11.7. The second kappa shape index (κ2) is 6.90. The fourth-order valence-electron chi connectivity index (χ4n) is 1.44. The van der Waals surface area contributed by atoms with E-state index in [9.17, 15) is 14.4 Å². The molecular formula is C12H13BrN2O5. The molecule has 0 bridgehead atoms. The van der Waals surface area contributed by atoms with Crippen molar-refractivity contribution in [3.05, 3.63) is 28.2 Å². The van der Waals surface area contributed by atoms with E-state index in [-0.39, 0.29) is 0 Å². The molecule has 8 heteroatoms. The van der Waals surface area contributed by atoms with Crippen LogP contribution in [0.2, 0.25) is 0 Å². The van der Waals surface area contributed by atoms with Gasteiger partial charge in [-0.1, -0.05) is 12.1 Å². The van der Waals surface area contributed by atoms with Crippen LogP contribution in [-0.4, -0.2) is 34.2 Å². The van der Waals surface area contributed by atoms with Gasteiger partial charge in [-0.3, -0.25) is 4.79 Å². The van der Waals surface area contributed by atoms with Crippen LogP contribution in [0.1, 0.15) is 12.0 Å². The second-order valence-corrected chi connectivity index (χ2v) is 4.82. The molecular weight excluding hydrogens is 332 g/mol. The van der Waals surface area contributed by atoms with E-state index < -0.39 is 30.4 Å². The highest BCUT2D eigenvalue weighted by Crippen LogP contribution is 2.25. The van der Waals surface area contributed by atoms with E-state index in [2.05, 4.69) is 26.6 Å². The SMILES string of the molecule is Cc1cccc(NC(=O)N[C@@H](CC(=O)O)C(=O)O)c1Br. The lowest BCUT2D eigenvalue weighted by Gasteiger charge is -2.14. The molecule has 1 aromatic carbocycles. The average molecular weight is 345 g/mol. The lowest BCUT2D eigenvalue weighted by Crippen LogP contribution is -2.44. The fourth-order valence-corrected chi connectivity index (χ4v) is 1.80. The minimum atomic E-state index is -1.49. The Morgan fingerprint density at radius 1 is 1.30 bits per heavy atom. The Hall–Kier alpha value is -2.09. The summed E-state index contributed by atoms with van der Waals surface area (Å²) >= 11 is 3.29. The van der Waals surface area contributed by atoms with Gasteiger partial charge in [0.2, 0.25) is 0 Å². The van der Waals surface area contributed by atoms with Gasteiger partial charge in [0.15, 0.2) is 0 Å². The number of urea groups is 1. The van der Waals surface area contributed by atoms with Gasteiger partial charge in [-0.15, -0.1) is 0 Å². The molecule has 0 aromatic heterocycles. The molecule has 0 saturated heterocycles. The molecule has 1 rings (SSSR count). The van der Waals surface area contributed by atoms with Crippen molar-refractivity contribution in [2.45, 2.75) is 19.4 Å². The third-order valence-corrected chi connectivity index (χ3v) is 3.47. The first-order valence-electron chi connectivity index (χ1n) is 5.58. The summed E-state index contributed by atoms with van der Waals surface area (Å²) in [6.45, 7) is 1.83. The van der Waals surface area contributed by atoms with Gasteiger partial charge in [0.25, 0.3) is 0 Å². The normalized spacial score (nSPS) is 11.5. The lowest BCUT2D eigenvalue weighted by atomic mass is 10.2. The predicted molar refractivity (Wildman–Crippen MR) is 74.7 cm³/mol. The number of benzene rings is 1. The van der Waals surface area contributed by atoms with Gasteiger partial charge < -0.3 is 20.8 Å². The second-order valence-electron chi connectivity index (χ2n) is 4.02. The van der Waals surface area contributed by atoms with E-state index in [0.717, 1.165) is 5.56 Å². The Bertz CT molecular complexity index is 547. The van der Waals surface area contributed by atoms with E-state index in [0.29, 0.717) is 10.2 Å². The van der Waals surface area contributed by atoms with E-state index in [1.54, 1.807) is 12.1 Å². The van der Waals surface area contributed by atoms with Crippen LogP contribution in [0.5, 0.6) is 0 Å². The van der Waals surface area contributed by atoms with E-state index >= 15 is 0 Å². The quantitative estimate of drug-likeness (QED) is 0.650. The number of nitrogens with one attached hydrogen (secondary N) is 2. The monoisotopic (exact) mass is 344 g/mol. The molecule has 108 valence electrons. The molecule has 0 saturated carbocycles. The highest BCUT2D eigenvalue weighted by molar-refractivity contribution is 9.10. The van der Waals surface area contributed by atoms with Crippen molar-refractivity contribution in [3.8, 4) is 0 Å². The van der Waals surface area contributed by atoms with Crippen LogP contribution < -0.4 is 10.6 Å². The van der Waals surface area contributed by atoms with Crippen LogP contribution in [-0.2, 0) is 9.59 Å². The third kappa shape index (κ3) is 4.54. The summed E-state index contributed by atoms with van der Waals surface area (Å²) in [4.78, 5) is 33.0. The Kier molecular flexibility index (Phi) is 5.51. The zero-order valence-corrected chi connectivity index (χ0v) is 12.1. The lowest BCUT2D eigenvalue weighted by molar-refractivity contribution is -0.145. The number of aliphatic carboxylic acids is 2. The minimum Gasteiger partial charge on any atom is -0.481 e. The molecule has 2 amide bonds. The Morgan fingerprint density at radius 2 is 1.95 bits per heavy atom. The summed E-state index contributed by atoms with van der Waals surface area (Å²) in [6.07, 6.45) is -0.697. The summed E-state index contributed by atoms with van der Waals surface area (Å²) < 4.78 is 0.667. The number of anilines is 1. The molecule has 1 atom stereocenters. The van der Waals surface area contributed by atoms with E-state index in [1.807, 2.05) is 13.0 Å². The van der Waals surface area contributed by atoms with Crippen molar-refractivity contribution in [3.63, 3.8) is 0 Å². The Morgan fingerprint density at radius 3 is 2.50 bits per heavy atom. The molecule has 7 nitrogen and oxygen atoms in total. The highest BCUT2D eigenvalue weighted by atomic mass is 79.9. The van der Waals surface area contributed by atoms with E-state index in [1.165, 1.54) is 0 Å². The number of hydrogen-bond acceptors (Lipinski definition) is 3. The van der Waals surface area contributed by atoms with Crippen molar-refractivity contribution >= 4 is 39.6 Å². The minimum absolute atomic E-state index is 0.460. The van der Waals surface area contributed by atoms with Crippen molar-refractivity contribution in [2.75, 3.05) is 5.32 Å². The van der Waals surface area contributed by atoms with Crippen LogP contribution in [0.4, 0.5) is 10.5 Å². The van der Waals surface area contributed by atoms with Crippen LogP contribution in [0.15, 0.2) is 22.7 Å². The maximum absolute atomic E-state index is 11.7. The Balaban J connectivity index is 2.73. The molecule has 0 radical (unpaired) electrons. The van der Waals surface area contributed by atoms with Crippen molar-refractivity contribution in [1.29, 1.82) is 0 Å². The Labute approximate surface area is 123 Å². The van der Waals surface area contributed by atoms with Gasteiger partial charge in [-0.25, -0.2) is 9.59 Å². The molecule has 0 spiro atoms. The van der Waals surface area contributed by atoms with Gasteiger partial charge in [-0.2, -0.15) is 0 Å². The van der Waals surface area contributed by atoms with Crippen LogP contribution in [0.25, 0.3) is 0 Å². The number of aryl methyl sites for hydroxylation is 1. The number of amides is 2. The predicted octanol–water partition coefficient (Wildman–Crippen LogP) is 1.81. The summed E-state index contributed by atoms with van der Waals surface area (Å²) in [7, 11) is 0. The standard InChI is InChI=1S/C12H13BrN2O5/c1-6-3-2-4-7(10(6)13)14-12(20)15-8(11(18)19)5-9(16)17/h2-4,8H,5H2,1H3,(H,16,17)(H,18,19)(H2,14,15,20)/t8-/m0/s1. The summed E-state index contributed by atoms with van der Waals surface area (Å²) in [6, 6.07) is 2.91. The number of halogens is 1. The van der Waals surface area contributed by atoms with Gasteiger partial charge in [-0.05, 0) is 34.5 Å². The number of carboxylic acid groups (broad SMARTS) is 2. The van der Waals surface area contributed by atoms with Gasteiger partial charge >= 0.3 is 18.0 Å². The van der Waals surface area contributed by atoms with Crippen LogP contribution in [0, 0.1) is 6.92 Å². The molecule has 0 aliphatic heterocycles. The first-order chi connectivity index (χ1) is 9.31. The first kappa shape index (κ1) is 16.0. The summed E-state index contributed by atoms with van der Waals surface area (Å²) in [5.74, 6) is -2.72. The summed E-state index contributed by atoms with van der Waals surface area (Å²) in [5, 5.41) is 21.9. The molecule has 0 aliphatic carbocycles. The molecule has 0 fully saturated rings. The molecule has 0 heterocycles. The fraction of sp³-hybridized carbons (Fsp3) is 0.250. The maximum Gasteiger partial charge on any atom is 0.326 e. The van der Waals surface area contributed by atoms with Crippen LogP contribution >= 0.6 is 15.9 Å². The molecule has 0 aliphatic rings. The van der Waals surface area contributed by atoms with Crippen molar-refractivity contribution < 1.29 is 24.6 Å². The third-order valence-electron chi connectivity index (χ3n) is 2.42.